The van der Waals surface area contributed by atoms with Gasteiger partial charge in [-0.2, -0.15) is 0 Å². The fraction of sp³-hybridized carbons (Fsp3) is 0.611. The van der Waals surface area contributed by atoms with Crippen LogP contribution in [0.15, 0.2) is 29.2 Å². The molecule has 0 radical (unpaired) electrons. The molecule has 0 bridgehead atoms. The number of hydrogen-bond donors (Lipinski definition) is 1. The molecule has 1 aliphatic heterocycles. The van der Waals surface area contributed by atoms with Crippen molar-refractivity contribution >= 4 is 15.9 Å². The summed E-state index contributed by atoms with van der Waals surface area (Å²) in [4.78, 5) is 14.3. The lowest BCUT2D eigenvalue weighted by molar-refractivity contribution is -0.130. The number of aryl methyl sites for hydroxylation is 1. The summed E-state index contributed by atoms with van der Waals surface area (Å²) in [5, 5.41) is 0. The number of ether oxygens (including phenoxy) is 1. The Morgan fingerprint density at radius 1 is 1.32 bits per heavy atom. The molecule has 1 heterocycles. The minimum atomic E-state index is -3.57. The molecular formula is C18H26N2O4S. The van der Waals surface area contributed by atoms with Crippen molar-refractivity contribution in [2.75, 3.05) is 26.2 Å². The summed E-state index contributed by atoms with van der Waals surface area (Å²) in [6, 6.07) is 6.73. The fourth-order valence-corrected chi connectivity index (χ4v) is 4.10. The average Bonchev–Trinajstić information content (AvgIpc) is 3.28. The monoisotopic (exact) mass is 366 g/mol. The van der Waals surface area contributed by atoms with Crippen LogP contribution in [0.2, 0.25) is 0 Å². The van der Waals surface area contributed by atoms with E-state index in [9.17, 15) is 13.2 Å². The molecule has 25 heavy (non-hydrogen) atoms. The van der Waals surface area contributed by atoms with Gasteiger partial charge in [0, 0.05) is 32.7 Å². The van der Waals surface area contributed by atoms with Crippen molar-refractivity contribution in [2.45, 2.75) is 43.6 Å². The molecule has 1 aromatic rings. The van der Waals surface area contributed by atoms with E-state index in [1.54, 1.807) is 23.1 Å². The van der Waals surface area contributed by atoms with Gasteiger partial charge < -0.3 is 9.64 Å². The molecule has 1 atom stereocenters. The van der Waals surface area contributed by atoms with Crippen molar-refractivity contribution in [2.24, 2.45) is 5.92 Å². The third-order valence-electron chi connectivity index (χ3n) is 4.69. The van der Waals surface area contributed by atoms with Crippen LogP contribution in [-0.2, 0) is 19.6 Å². The molecule has 7 heteroatoms. The van der Waals surface area contributed by atoms with Crippen molar-refractivity contribution < 1.29 is 17.9 Å². The summed E-state index contributed by atoms with van der Waals surface area (Å²) < 4.78 is 32.8. The van der Waals surface area contributed by atoms with Gasteiger partial charge in [-0.25, -0.2) is 13.1 Å². The summed E-state index contributed by atoms with van der Waals surface area (Å²) in [6.45, 7) is 4.08. The lowest BCUT2D eigenvalue weighted by Gasteiger charge is -2.17. The number of benzene rings is 1. The molecule has 3 rings (SSSR count). The molecule has 1 aliphatic carbocycles. The lowest BCUT2D eigenvalue weighted by Crippen LogP contribution is -2.34. The average molecular weight is 366 g/mol. The van der Waals surface area contributed by atoms with Crippen LogP contribution in [0.5, 0.6) is 0 Å². The number of carbonyl (C=O) groups excluding carboxylic acids is 1. The first-order chi connectivity index (χ1) is 11.9. The first-order valence-electron chi connectivity index (χ1n) is 8.90. The van der Waals surface area contributed by atoms with Gasteiger partial charge in [0.2, 0.25) is 15.9 Å². The van der Waals surface area contributed by atoms with Gasteiger partial charge in [0.15, 0.2) is 0 Å². The SMILES string of the molecule is Cc1cccc(S(=O)(=O)NCCC(=O)N2CCC(OCC3CC3)C2)c1. The summed E-state index contributed by atoms with van der Waals surface area (Å²) in [6.07, 6.45) is 3.69. The molecule has 138 valence electrons. The maximum atomic E-state index is 12.3. The molecule has 1 saturated carbocycles. The molecule has 1 amide bonds. The van der Waals surface area contributed by atoms with E-state index in [0.29, 0.717) is 13.1 Å². The highest BCUT2D eigenvalue weighted by Gasteiger charge is 2.29. The van der Waals surface area contributed by atoms with Gasteiger partial charge >= 0.3 is 0 Å². The predicted octanol–water partition coefficient (Wildman–Crippen LogP) is 1.69. The van der Waals surface area contributed by atoms with Crippen molar-refractivity contribution in [3.05, 3.63) is 29.8 Å². The van der Waals surface area contributed by atoms with E-state index in [-0.39, 0.29) is 29.9 Å². The zero-order chi connectivity index (χ0) is 17.9. The van der Waals surface area contributed by atoms with Crippen LogP contribution in [0, 0.1) is 12.8 Å². The highest BCUT2D eigenvalue weighted by molar-refractivity contribution is 7.89. The Morgan fingerprint density at radius 2 is 2.12 bits per heavy atom. The first-order valence-corrected chi connectivity index (χ1v) is 10.4. The van der Waals surface area contributed by atoms with E-state index in [1.165, 1.54) is 12.8 Å². The van der Waals surface area contributed by atoms with Crippen LogP contribution in [0.25, 0.3) is 0 Å². The van der Waals surface area contributed by atoms with Gasteiger partial charge in [-0.1, -0.05) is 12.1 Å². The number of carbonyl (C=O) groups is 1. The topological polar surface area (TPSA) is 75.7 Å². The standard InChI is InChI=1S/C18H26N2O4S/c1-14-3-2-4-17(11-14)25(22,23)19-9-7-18(21)20-10-8-16(12-20)24-13-15-5-6-15/h2-4,11,15-16,19H,5-10,12-13H2,1H3. The first kappa shape index (κ1) is 18.4. The molecule has 1 unspecified atom stereocenters. The quantitative estimate of drug-likeness (QED) is 0.760. The number of likely N-dealkylation sites (tertiary alicyclic amines) is 1. The Labute approximate surface area is 149 Å². The number of hydrogen-bond acceptors (Lipinski definition) is 4. The molecule has 0 spiro atoms. The largest absolute Gasteiger partial charge is 0.376 e. The molecule has 2 aliphatic rings. The molecule has 6 nitrogen and oxygen atoms in total. The smallest absolute Gasteiger partial charge is 0.240 e. The van der Waals surface area contributed by atoms with E-state index in [1.807, 2.05) is 13.0 Å². The highest BCUT2D eigenvalue weighted by atomic mass is 32.2. The van der Waals surface area contributed by atoms with Gasteiger partial charge in [-0.15, -0.1) is 0 Å². The molecule has 1 saturated heterocycles. The van der Waals surface area contributed by atoms with E-state index < -0.39 is 10.0 Å². The second-order valence-electron chi connectivity index (χ2n) is 6.99. The molecule has 0 aromatic heterocycles. The third kappa shape index (κ3) is 5.26. The normalized spacial score (nSPS) is 20.8. The fourth-order valence-electron chi connectivity index (χ4n) is 2.96. The number of nitrogens with one attached hydrogen (secondary N) is 1. The second kappa shape index (κ2) is 7.85. The van der Waals surface area contributed by atoms with E-state index in [4.69, 9.17) is 4.74 Å². The number of rotatable bonds is 8. The minimum Gasteiger partial charge on any atom is -0.376 e. The van der Waals surface area contributed by atoms with E-state index in [0.717, 1.165) is 24.5 Å². The second-order valence-corrected chi connectivity index (χ2v) is 8.76. The van der Waals surface area contributed by atoms with Crippen LogP contribution >= 0.6 is 0 Å². The Kier molecular flexibility index (Phi) is 5.76. The van der Waals surface area contributed by atoms with Crippen LogP contribution in [0.4, 0.5) is 0 Å². The third-order valence-corrected chi connectivity index (χ3v) is 6.15. The summed E-state index contributed by atoms with van der Waals surface area (Å²) in [5.41, 5.74) is 0.883. The van der Waals surface area contributed by atoms with E-state index >= 15 is 0 Å². The van der Waals surface area contributed by atoms with Crippen molar-refractivity contribution in [3.63, 3.8) is 0 Å². The zero-order valence-corrected chi connectivity index (χ0v) is 15.4. The van der Waals surface area contributed by atoms with Crippen LogP contribution in [0.3, 0.4) is 0 Å². The molecule has 1 aromatic carbocycles. The predicted molar refractivity (Wildman–Crippen MR) is 94.6 cm³/mol. The highest BCUT2D eigenvalue weighted by Crippen LogP contribution is 2.30. The molecular weight excluding hydrogens is 340 g/mol. The minimum absolute atomic E-state index is 0.0236. The summed E-state index contributed by atoms with van der Waals surface area (Å²) in [5.74, 6) is 0.699. The Hall–Kier alpha value is -1.44. The van der Waals surface area contributed by atoms with Crippen molar-refractivity contribution in [1.29, 1.82) is 0 Å². The summed E-state index contributed by atoms with van der Waals surface area (Å²) >= 11 is 0. The number of nitrogens with zero attached hydrogens (tertiary/aromatic N) is 1. The van der Waals surface area contributed by atoms with Gasteiger partial charge in [0.05, 0.1) is 11.0 Å². The van der Waals surface area contributed by atoms with Gasteiger partial charge in [0.25, 0.3) is 0 Å². The summed E-state index contributed by atoms with van der Waals surface area (Å²) in [7, 11) is -3.57. The maximum Gasteiger partial charge on any atom is 0.240 e. The van der Waals surface area contributed by atoms with Crippen LogP contribution < -0.4 is 4.72 Å². The van der Waals surface area contributed by atoms with Crippen LogP contribution in [-0.4, -0.2) is 51.6 Å². The van der Waals surface area contributed by atoms with Crippen molar-refractivity contribution in [3.8, 4) is 0 Å². The number of amides is 1. The maximum absolute atomic E-state index is 12.3. The number of sulfonamides is 1. The molecule has 1 N–H and O–H groups in total. The van der Waals surface area contributed by atoms with Gasteiger partial charge in [-0.3, -0.25) is 4.79 Å². The van der Waals surface area contributed by atoms with Gasteiger partial charge in [-0.05, 0) is 49.8 Å². The van der Waals surface area contributed by atoms with Crippen molar-refractivity contribution in [1.82, 2.24) is 9.62 Å². The Morgan fingerprint density at radius 3 is 2.84 bits per heavy atom. The van der Waals surface area contributed by atoms with Gasteiger partial charge in [0.1, 0.15) is 0 Å². The van der Waals surface area contributed by atoms with Crippen LogP contribution in [0.1, 0.15) is 31.2 Å². The molecule has 2 fully saturated rings. The zero-order valence-electron chi connectivity index (χ0n) is 14.6. The lowest BCUT2D eigenvalue weighted by atomic mass is 10.2. The Bertz CT molecular complexity index is 716. The Balaban J connectivity index is 1.41. The van der Waals surface area contributed by atoms with E-state index in [2.05, 4.69) is 4.72 Å².